The zero-order valence-electron chi connectivity index (χ0n) is 41.1. The molecule has 0 bridgehead atoms. The maximum atomic E-state index is 13.6. The van der Waals surface area contributed by atoms with Crippen molar-refractivity contribution in [3.05, 3.63) is 82.8 Å². The number of anilines is 1. The van der Waals surface area contributed by atoms with Crippen LogP contribution in [0.15, 0.2) is 55.0 Å². The topological polar surface area (TPSA) is 404 Å². The Balaban J connectivity index is 1.20. The largest absolute Gasteiger partial charge is 0.490 e. The van der Waals surface area contributed by atoms with Crippen molar-refractivity contribution in [3.8, 4) is 17.6 Å². The second-order valence-electron chi connectivity index (χ2n) is 16.2. The van der Waals surface area contributed by atoms with E-state index in [0.29, 0.717) is 37.1 Å². The molecular weight excluding hydrogens is 1100 g/mol. The summed E-state index contributed by atoms with van der Waals surface area (Å²) in [6.07, 6.45) is 1.40. The number of benzene rings is 2. The molecule has 416 valence electrons. The standard InChI is InChI=1S/C44H58N7O20P3S2/c1-27(46)31-10-4-5-11-33(31)44(55)69-35-22-38(68-36(35)24-66-73(59,60)71-74(61,62)70-72(56,57)58)51-23-29(40-41(47)49-26-50-42(40)51)9-8-16-48-37(52)12-6-7-17-65-43(54)34-21-30(13-14-32(34)28(2)76-75-3)67-39(53)25-64-20-19-63-18-15-45/h4-5,10-11,13-14,21,23,26-28,35-36,38H,6-7,12,15-20,22,24-25,45-46H2,1-3H3,(H,48,52)(H,59,60)(H,61,62)(H2,47,49,50)(H2,56,57,58)/t27?,28?,35-,36?,38-/m1/s1. The quantitative estimate of drug-likeness (QED) is 0.00935. The highest BCUT2D eigenvalue weighted by Gasteiger charge is 2.45. The lowest BCUT2D eigenvalue weighted by Gasteiger charge is -2.21. The van der Waals surface area contributed by atoms with Gasteiger partial charge in [0.15, 0.2) is 0 Å². The summed E-state index contributed by atoms with van der Waals surface area (Å²) in [7, 11) is -14.1. The zero-order valence-corrected chi connectivity index (χ0v) is 45.4. The molecule has 3 heterocycles. The van der Waals surface area contributed by atoms with E-state index in [0.717, 1.165) is 0 Å². The maximum absolute atomic E-state index is 13.6. The van der Waals surface area contributed by atoms with Crippen molar-refractivity contribution in [1.29, 1.82) is 0 Å². The van der Waals surface area contributed by atoms with Crippen molar-refractivity contribution in [1.82, 2.24) is 19.9 Å². The number of phosphoric ester groups is 1. The first kappa shape index (κ1) is 62.1. The highest BCUT2D eigenvalue weighted by Crippen LogP contribution is 2.66. The van der Waals surface area contributed by atoms with E-state index in [-0.39, 0.29) is 96.3 Å². The van der Waals surface area contributed by atoms with Gasteiger partial charge in [0.05, 0.1) is 61.7 Å². The number of nitrogen functional groups attached to an aromatic ring is 1. The molecule has 1 fully saturated rings. The highest BCUT2D eigenvalue weighted by molar-refractivity contribution is 8.76. The summed E-state index contributed by atoms with van der Waals surface area (Å²) in [5.74, 6) is 3.43. The summed E-state index contributed by atoms with van der Waals surface area (Å²) in [6.45, 7) is 3.34. The van der Waals surface area contributed by atoms with Gasteiger partial charge < -0.3 is 75.1 Å². The minimum atomic E-state index is -5.87. The van der Waals surface area contributed by atoms with Crippen LogP contribution in [-0.4, -0.2) is 129 Å². The van der Waals surface area contributed by atoms with Gasteiger partial charge in [0.2, 0.25) is 5.91 Å². The molecule has 76 heavy (non-hydrogen) atoms. The van der Waals surface area contributed by atoms with Crippen LogP contribution in [0.2, 0.25) is 0 Å². The van der Waals surface area contributed by atoms with Gasteiger partial charge in [-0.15, -0.1) is 0 Å². The molecule has 7 atom stereocenters. The smallest absolute Gasteiger partial charge is 0.462 e. The molecule has 11 N–H and O–H groups in total. The maximum Gasteiger partial charge on any atom is 0.490 e. The van der Waals surface area contributed by atoms with Crippen LogP contribution in [0.3, 0.4) is 0 Å². The van der Waals surface area contributed by atoms with Crippen molar-refractivity contribution in [2.24, 2.45) is 11.5 Å². The molecule has 0 radical (unpaired) electrons. The van der Waals surface area contributed by atoms with Crippen LogP contribution in [0.25, 0.3) is 11.0 Å². The van der Waals surface area contributed by atoms with Crippen LogP contribution in [0.5, 0.6) is 5.75 Å². The average molecular weight is 1160 g/mol. The molecule has 5 rings (SSSR count). The number of fused-ring (bicyclic) bond motifs is 1. The Kier molecular flexibility index (Phi) is 23.9. The molecule has 1 aliphatic rings. The number of hydrogen-bond donors (Lipinski definition) is 8. The van der Waals surface area contributed by atoms with Gasteiger partial charge in [0.1, 0.15) is 48.6 Å². The number of amides is 1. The van der Waals surface area contributed by atoms with Crippen LogP contribution < -0.4 is 27.3 Å². The minimum Gasteiger partial charge on any atom is -0.462 e. The lowest BCUT2D eigenvalue weighted by molar-refractivity contribution is -0.140. The lowest BCUT2D eigenvalue weighted by Crippen LogP contribution is -2.31. The Morgan fingerprint density at radius 2 is 1.68 bits per heavy atom. The number of phosphoric acid groups is 3. The second kappa shape index (κ2) is 29.3. The average Bonchev–Trinajstić information content (AvgIpc) is 3.93. The molecule has 32 heteroatoms. The third kappa shape index (κ3) is 19.3. The fourth-order valence-electron chi connectivity index (χ4n) is 7.27. The van der Waals surface area contributed by atoms with E-state index in [2.05, 4.69) is 35.7 Å². The Hall–Kier alpha value is -4.79. The van der Waals surface area contributed by atoms with E-state index in [1.165, 1.54) is 50.8 Å². The first-order valence-electron chi connectivity index (χ1n) is 22.9. The SMILES string of the molecule is CSSC(C)c1ccc(OC(=O)COCCOCCN)cc1C(=O)OCCCCC(=O)NCC#Cc1cn([C@H]2C[C@@H](OC(=O)c3ccccc3C(C)N)C(COP(=O)(O)OP(=O)(O)OP(=O)(O)O)O2)c2ncnc(N)c12. The number of nitrogens with one attached hydrogen (secondary N) is 1. The van der Waals surface area contributed by atoms with E-state index in [1.807, 2.05) is 13.2 Å². The molecule has 1 aliphatic heterocycles. The predicted molar refractivity (Wildman–Crippen MR) is 275 cm³/mol. The molecule has 4 aromatic rings. The van der Waals surface area contributed by atoms with Crippen LogP contribution in [-0.2, 0) is 60.1 Å². The van der Waals surface area contributed by atoms with Gasteiger partial charge in [-0.3, -0.25) is 9.32 Å². The number of nitrogens with two attached hydrogens (primary N) is 3. The monoisotopic (exact) mass is 1160 g/mol. The molecule has 1 amide bonds. The van der Waals surface area contributed by atoms with Gasteiger partial charge >= 0.3 is 41.4 Å². The van der Waals surface area contributed by atoms with Gasteiger partial charge in [-0.05, 0) is 62.3 Å². The van der Waals surface area contributed by atoms with E-state index < -0.39 is 72.5 Å². The van der Waals surface area contributed by atoms with E-state index >= 15 is 0 Å². The summed E-state index contributed by atoms with van der Waals surface area (Å²) in [5, 5.41) is 2.87. The van der Waals surface area contributed by atoms with Gasteiger partial charge in [-0.25, -0.2) is 38.0 Å². The molecule has 0 saturated carbocycles. The van der Waals surface area contributed by atoms with Crippen LogP contribution in [0, 0.1) is 11.8 Å². The molecule has 2 aromatic carbocycles. The predicted octanol–water partition coefficient (Wildman–Crippen LogP) is 4.35. The van der Waals surface area contributed by atoms with Crippen LogP contribution in [0.4, 0.5) is 5.82 Å². The number of aromatic nitrogens is 3. The molecule has 1 saturated heterocycles. The Labute approximate surface area is 443 Å². The van der Waals surface area contributed by atoms with Crippen molar-refractivity contribution in [3.63, 3.8) is 0 Å². The number of ether oxygens (including phenoxy) is 6. The van der Waals surface area contributed by atoms with Crippen molar-refractivity contribution in [2.45, 2.75) is 69.3 Å². The van der Waals surface area contributed by atoms with E-state index in [4.69, 9.17) is 59.9 Å². The van der Waals surface area contributed by atoms with Gasteiger partial charge in [-0.2, -0.15) is 8.62 Å². The molecule has 0 spiro atoms. The van der Waals surface area contributed by atoms with Gasteiger partial charge in [-0.1, -0.05) is 57.7 Å². The van der Waals surface area contributed by atoms with Crippen molar-refractivity contribution < 1.29 is 94.0 Å². The van der Waals surface area contributed by atoms with Gasteiger partial charge in [0.25, 0.3) is 0 Å². The lowest BCUT2D eigenvalue weighted by atomic mass is 10.0. The molecule has 2 aromatic heterocycles. The second-order valence-corrected chi connectivity index (χ2v) is 23.5. The summed E-state index contributed by atoms with van der Waals surface area (Å²) >= 11 is 0. The Bertz CT molecular complexity index is 2880. The number of nitrogens with zero attached hydrogens (tertiary/aromatic N) is 3. The number of carbonyl (C=O) groups excluding carboxylic acids is 4. The number of unbranched alkanes of at least 4 members (excludes halogenated alkanes) is 1. The Morgan fingerprint density at radius 1 is 0.934 bits per heavy atom. The zero-order chi connectivity index (χ0) is 55.6. The first-order valence-corrected chi connectivity index (χ1v) is 30.1. The first-order chi connectivity index (χ1) is 36.0. The summed E-state index contributed by atoms with van der Waals surface area (Å²) in [6, 6.07) is 10.5. The normalized spacial score (nSPS) is 17.9. The van der Waals surface area contributed by atoms with Gasteiger partial charge in [0, 0.05) is 36.9 Å². The Morgan fingerprint density at radius 3 is 2.41 bits per heavy atom. The molecule has 0 aliphatic carbocycles. The number of esters is 3. The fraction of sp³-hybridized carbons (Fsp3) is 0.455. The minimum absolute atomic E-state index is 0.00296. The van der Waals surface area contributed by atoms with E-state index in [1.54, 1.807) is 37.3 Å². The summed E-state index contributed by atoms with van der Waals surface area (Å²) in [4.78, 5) is 98.2. The molecule has 5 unspecified atom stereocenters. The third-order valence-electron chi connectivity index (χ3n) is 10.5. The third-order valence-corrected chi connectivity index (χ3v) is 16.5. The number of carbonyl (C=O) groups is 4. The molecule has 27 nitrogen and oxygen atoms in total. The van der Waals surface area contributed by atoms with Crippen LogP contribution in [0.1, 0.15) is 94.5 Å². The van der Waals surface area contributed by atoms with Crippen molar-refractivity contribution >= 4 is 85.7 Å². The van der Waals surface area contributed by atoms with Crippen LogP contribution >= 0.6 is 45.1 Å². The molecular formula is C44H58N7O20P3S2. The van der Waals surface area contributed by atoms with Crippen molar-refractivity contribution in [2.75, 3.05) is 64.7 Å². The fourth-order valence-corrected chi connectivity index (χ4v) is 12.1. The summed E-state index contributed by atoms with van der Waals surface area (Å²) < 4.78 is 83.2. The van der Waals surface area contributed by atoms with E-state index in [9.17, 15) is 42.7 Å². The highest BCUT2D eigenvalue weighted by atomic mass is 33.1. The number of hydrogen-bond acceptors (Lipinski definition) is 23. The summed E-state index contributed by atoms with van der Waals surface area (Å²) in [5.41, 5.74) is 19.6. The number of rotatable bonds is 29.